The fourth-order valence-electron chi connectivity index (χ4n) is 3.73. The minimum Gasteiger partial charge on any atom is -0.466 e. The summed E-state index contributed by atoms with van der Waals surface area (Å²) in [5, 5.41) is 0.912. The minimum absolute atomic E-state index is 0.0343. The largest absolute Gasteiger partial charge is 0.466 e. The second-order valence-electron chi connectivity index (χ2n) is 9.26. The normalized spacial score (nSPS) is 29.8. The maximum Gasteiger partial charge on any atom is 0.239 e. The van der Waals surface area contributed by atoms with Crippen LogP contribution in [0.25, 0.3) is 0 Å². The van der Waals surface area contributed by atoms with Gasteiger partial charge in [-0.2, -0.15) is 0 Å². The molecule has 1 fully saturated rings. The molecule has 1 saturated heterocycles. The highest BCUT2D eigenvalue weighted by molar-refractivity contribution is 8.15. The summed E-state index contributed by atoms with van der Waals surface area (Å²) in [4.78, 5) is 19.4. The van der Waals surface area contributed by atoms with Crippen molar-refractivity contribution in [1.29, 1.82) is 0 Å². The van der Waals surface area contributed by atoms with E-state index in [1.54, 1.807) is 0 Å². The molecule has 146 valence electrons. The van der Waals surface area contributed by atoms with Crippen LogP contribution >= 0.6 is 11.8 Å². The van der Waals surface area contributed by atoms with E-state index in [2.05, 4.69) is 39.9 Å². The highest BCUT2D eigenvalue weighted by Crippen LogP contribution is 2.53. The van der Waals surface area contributed by atoms with Gasteiger partial charge in [-0.15, -0.1) is 0 Å². The van der Waals surface area contributed by atoms with Crippen molar-refractivity contribution in [2.24, 2.45) is 10.9 Å². The zero-order chi connectivity index (χ0) is 19.6. The first-order valence-corrected chi connectivity index (χ1v) is 13.4. The van der Waals surface area contributed by atoms with Crippen molar-refractivity contribution in [1.82, 2.24) is 4.90 Å². The average molecular weight is 405 g/mol. The van der Waals surface area contributed by atoms with Crippen molar-refractivity contribution in [3.8, 4) is 5.75 Å². The minimum atomic E-state index is -1.92. The summed E-state index contributed by atoms with van der Waals surface area (Å²) in [6.45, 7) is 13.8. The Labute approximate surface area is 166 Å². The number of benzene rings is 1. The molecule has 0 aromatic heterocycles. The summed E-state index contributed by atoms with van der Waals surface area (Å²) in [6.07, 6.45) is 0. The number of rotatable bonds is 3. The van der Waals surface area contributed by atoms with Gasteiger partial charge in [0.2, 0.25) is 11.6 Å². The number of amidine groups is 1. The lowest BCUT2D eigenvalue weighted by Gasteiger charge is -2.51. The van der Waals surface area contributed by atoms with Gasteiger partial charge in [-0.05, 0) is 31.1 Å². The monoisotopic (exact) mass is 404 g/mol. The van der Waals surface area contributed by atoms with Crippen molar-refractivity contribution < 1.29 is 14.0 Å². The molecule has 1 amide bonds. The lowest BCUT2D eigenvalue weighted by molar-refractivity contribution is -0.132. The van der Waals surface area contributed by atoms with Crippen molar-refractivity contribution in [2.45, 2.75) is 57.6 Å². The van der Waals surface area contributed by atoms with Gasteiger partial charge in [0.1, 0.15) is 5.75 Å². The second kappa shape index (κ2) is 6.09. The Morgan fingerprint density at radius 1 is 1.37 bits per heavy atom. The van der Waals surface area contributed by atoms with E-state index in [-0.39, 0.29) is 22.9 Å². The first kappa shape index (κ1) is 19.0. The van der Waals surface area contributed by atoms with Gasteiger partial charge in [0, 0.05) is 12.2 Å². The molecular weight excluding hydrogens is 376 g/mol. The molecular formula is C20H28N2O3SSi. The number of thioether (sulfide) groups is 1. The number of hydrogen-bond acceptors (Lipinski definition) is 5. The van der Waals surface area contributed by atoms with Crippen LogP contribution in [-0.2, 0) is 9.22 Å². The molecule has 3 aliphatic rings. The average Bonchev–Trinajstić information content (AvgIpc) is 2.91. The van der Waals surface area contributed by atoms with Crippen molar-refractivity contribution in [3.63, 3.8) is 0 Å². The summed E-state index contributed by atoms with van der Waals surface area (Å²) in [7, 11) is -1.92. The molecule has 1 aromatic rings. The molecule has 0 radical (unpaired) electrons. The molecule has 27 heavy (non-hydrogen) atoms. The number of fused-ring (bicyclic) bond motifs is 6. The molecule has 2 bridgehead atoms. The predicted octanol–water partition coefficient (Wildman–Crippen LogP) is 4.42. The summed E-state index contributed by atoms with van der Waals surface area (Å²) >= 11 is 1.51. The maximum atomic E-state index is 12.7. The van der Waals surface area contributed by atoms with Crippen LogP contribution in [0.5, 0.6) is 5.75 Å². The highest BCUT2D eigenvalue weighted by Gasteiger charge is 2.57. The number of ether oxygens (including phenoxy) is 1. The molecule has 7 heteroatoms. The van der Waals surface area contributed by atoms with Crippen LogP contribution in [0.1, 0.15) is 39.3 Å². The Hall–Kier alpha value is -1.31. The molecule has 5 nitrogen and oxygen atoms in total. The number of para-hydroxylation sites is 1. The van der Waals surface area contributed by atoms with Gasteiger partial charge in [0.05, 0.1) is 17.7 Å². The van der Waals surface area contributed by atoms with Crippen LogP contribution in [0.2, 0.25) is 18.1 Å². The SMILES string of the molecule is CC12N=C3SCC(=O)N3[C@H](c3ccccc3O1)[C@H]2CO[Si](C)(C)C(C)(C)C. The Kier molecular flexibility index (Phi) is 4.29. The van der Waals surface area contributed by atoms with E-state index in [1.165, 1.54) is 11.8 Å². The molecule has 3 atom stereocenters. The molecule has 1 unspecified atom stereocenters. The van der Waals surface area contributed by atoms with Gasteiger partial charge in [-0.1, -0.05) is 50.7 Å². The molecule has 0 spiro atoms. The Morgan fingerprint density at radius 2 is 2.07 bits per heavy atom. The van der Waals surface area contributed by atoms with Crippen LogP contribution < -0.4 is 4.74 Å². The number of aliphatic imine (C=N–C) groups is 1. The lowest BCUT2D eigenvalue weighted by Crippen LogP contribution is -2.58. The summed E-state index contributed by atoms with van der Waals surface area (Å²) in [6, 6.07) is 7.93. The van der Waals surface area contributed by atoms with E-state index in [0.717, 1.165) is 16.5 Å². The second-order valence-corrected chi connectivity index (χ2v) is 15.0. The fraction of sp³-hybridized carbons (Fsp3) is 0.600. The first-order chi connectivity index (χ1) is 12.5. The topological polar surface area (TPSA) is 51.1 Å². The fourth-order valence-corrected chi connectivity index (χ4v) is 5.75. The van der Waals surface area contributed by atoms with Gasteiger partial charge >= 0.3 is 0 Å². The van der Waals surface area contributed by atoms with Crippen LogP contribution in [0.3, 0.4) is 0 Å². The Balaban J connectivity index is 1.75. The van der Waals surface area contributed by atoms with Crippen LogP contribution in [0, 0.1) is 5.92 Å². The van der Waals surface area contributed by atoms with Gasteiger partial charge in [-0.25, -0.2) is 4.99 Å². The molecule has 4 rings (SSSR count). The van der Waals surface area contributed by atoms with E-state index in [9.17, 15) is 4.79 Å². The zero-order valence-corrected chi connectivity index (χ0v) is 18.7. The number of nitrogens with zero attached hydrogens (tertiary/aromatic N) is 2. The van der Waals surface area contributed by atoms with E-state index in [1.807, 2.05) is 30.0 Å². The van der Waals surface area contributed by atoms with E-state index in [4.69, 9.17) is 14.2 Å². The first-order valence-electron chi connectivity index (χ1n) is 9.50. The van der Waals surface area contributed by atoms with Crippen LogP contribution in [0.4, 0.5) is 0 Å². The van der Waals surface area contributed by atoms with Gasteiger partial charge in [-0.3, -0.25) is 9.69 Å². The molecule has 1 aromatic carbocycles. The summed E-state index contributed by atoms with van der Waals surface area (Å²) < 4.78 is 13.0. The van der Waals surface area contributed by atoms with E-state index in [0.29, 0.717) is 12.4 Å². The third kappa shape index (κ3) is 2.94. The van der Waals surface area contributed by atoms with Crippen molar-refractivity contribution in [3.05, 3.63) is 29.8 Å². The van der Waals surface area contributed by atoms with Gasteiger partial charge in [0.25, 0.3) is 0 Å². The summed E-state index contributed by atoms with van der Waals surface area (Å²) in [5.74, 6) is 1.36. The number of amides is 1. The van der Waals surface area contributed by atoms with Gasteiger partial charge < -0.3 is 9.16 Å². The van der Waals surface area contributed by atoms with Crippen LogP contribution in [0.15, 0.2) is 29.3 Å². The predicted molar refractivity (Wildman–Crippen MR) is 112 cm³/mol. The Bertz CT molecular complexity index is 820. The third-order valence-corrected chi connectivity index (χ3v) is 11.9. The standard InChI is InChI=1S/C20H28N2O3SSi/c1-19(2,3)27(5,6)24-11-14-17-13-9-7-8-10-15(13)25-20(14,4)21-18-22(17)16(23)12-26-18/h7-10,14,17H,11-12H2,1-6H3/t14-,17-,20?/m1/s1. The lowest BCUT2D eigenvalue weighted by atomic mass is 9.81. The van der Waals surface area contributed by atoms with E-state index >= 15 is 0 Å². The van der Waals surface area contributed by atoms with Crippen molar-refractivity contribution in [2.75, 3.05) is 12.4 Å². The number of carbonyl (C=O) groups is 1. The molecule has 0 aliphatic carbocycles. The molecule has 3 aliphatic heterocycles. The van der Waals surface area contributed by atoms with Gasteiger partial charge in [0.15, 0.2) is 13.5 Å². The Morgan fingerprint density at radius 3 is 2.78 bits per heavy atom. The third-order valence-electron chi connectivity index (χ3n) is 6.45. The molecule has 0 saturated carbocycles. The van der Waals surface area contributed by atoms with Crippen molar-refractivity contribution >= 4 is 31.2 Å². The van der Waals surface area contributed by atoms with E-state index < -0.39 is 14.0 Å². The zero-order valence-electron chi connectivity index (χ0n) is 16.9. The highest BCUT2D eigenvalue weighted by atomic mass is 32.2. The van der Waals surface area contributed by atoms with Crippen LogP contribution in [-0.4, -0.2) is 42.4 Å². The quantitative estimate of drug-likeness (QED) is 0.700. The molecule has 0 N–H and O–H groups in total. The molecule has 3 heterocycles. The number of carbonyl (C=O) groups excluding carboxylic acids is 1. The maximum absolute atomic E-state index is 12.7. The summed E-state index contributed by atoms with van der Waals surface area (Å²) in [5.41, 5.74) is 0.340. The smallest absolute Gasteiger partial charge is 0.239 e. The number of hydrogen-bond donors (Lipinski definition) is 0.